The van der Waals surface area contributed by atoms with Gasteiger partial charge in [-0.25, -0.2) is 16.8 Å². The standard InChI is InChI=1S/C13H15NO2S.C7H6N2O2S2/c1-14(2)12-8-4-7-11-10(12)6-5-9-13(11)17(3,15)16;1-13(10,11)6-4-2-3-5-7(6)9-12-8-5/h4-9H,1-3H3;2-4H,1H3. The first-order valence-electron chi connectivity index (χ1n) is 8.80. The summed E-state index contributed by atoms with van der Waals surface area (Å²) < 4.78 is 53.9. The summed E-state index contributed by atoms with van der Waals surface area (Å²) in [4.78, 5) is 2.62. The van der Waals surface area contributed by atoms with Crippen LogP contribution in [0.3, 0.4) is 0 Å². The molecule has 0 radical (unpaired) electrons. The molecule has 0 aliphatic heterocycles. The van der Waals surface area contributed by atoms with Gasteiger partial charge < -0.3 is 4.90 Å². The number of anilines is 1. The molecule has 4 aromatic rings. The first-order chi connectivity index (χ1) is 14.0. The van der Waals surface area contributed by atoms with Crippen LogP contribution in [0.15, 0.2) is 64.4 Å². The fourth-order valence-electron chi connectivity index (χ4n) is 3.06. The monoisotopic (exact) mass is 463 g/mol. The Balaban J connectivity index is 0.000000177. The van der Waals surface area contributed by atoms with Crippen molar-refractivity contribution in [1.82, 2.24) is 8.75 Å². The number of rotatable bonds is 3. The molecule has 0 saturated carbocycles. The highest BCUT2D eigenvalue weighted by Gasteiger charge is 2.14. The molecule has 4 rings (SSSR count). The molecular weight excluding hydrogens is 442 g/mol. The van der Waals surface area contributed by atoms with E-state index in [1.807, 2.05) is 43.3 Å². The molecule has 0 fully saturated rings. The third kappa shape index (κ3) is 4.61. The van der Waals surface area contributed by atoms with Crippen molar-refractivity contribution in [3.8, 4) is 0 Å². The summed E-state index contributed by atoms with van der Waals surface area (Å²) in [5, 5.41) is 1.74. The zero-order valence-electron chi connectivity index (χ0n) is 16.9. The first-order valence-corrected chi connectivity index (χ1v) is 13.3. The van der Waals surface area contributed by atoms with Crippen LogP contribution in [0.25, 0.3) is 21.8 Å². The Kier molecular flexibility index (Phi) is 6.11. The maximum atomic E-state index is 11.7. The van der Waals surface area contributed by atoms with Crippen molar-refractivity contribution in [3.63, 3.8) is 0 Å². The molecular formula is C20H21N3O4S3. The molecule has 3 aromatic carbocycles. The maximum Gasteiger partial charge on any atom is 0.177 e. The van der Waals surface area contributed by atoms with Crippen LogP contribution in [-0.4, -0.2) is 52.2 Å². The number of hydrogen-bond acceptors (Lipinski definition) is 8. The lowest BCUT2D eigenvalue weighted by Crippen LogP contribution is -2.09. The Morgan fingerprint density at radius 3 is 1.93 bits per heavy atom. The quantitative estimate of drug-likeness (QED) is 0.459. The fourth-order valence-corrected chi connectivity index (χ4v) is 5.40. The van der Waals surface area contributed by atoms with Crippen LogP contribution >= 0.6 is 11.7 Å². The van der Waals surface area contributed by atoms with Crippen LogP contribution in [-0.2, 0) is 19.7 Å². The minimum atomic E-state index is -3.20. The zero-order chi connectivity index (χ0) is 22.1. The van der Waals surface area contributed by atoms with E-state index in [1.165, 1.54) is 12.5 Å². The number of fused-ring (bicyclic) bond motifs is 2. The Bertz CT molecular complexity index is 1430. The highest BCUT2D eigenvalue weighted by atomic mass is 32.2. The van der Waals surface area contributed by atoms with E-state index >= 15 is 0 Å². The molecule has 0 spiro atoms. The van der Waals surface area contributed by atoms with Crippen molar-refractivity contribution in [3.05, 3.63) is 54.6 Å². The largest absolute Gasteiger partial charge is 0.377 e. The van der Waals surface area contributed by atoms with Crippen molar-refractivity contribution < 1.29 is 16.8 Å². The second-order valence-corrected chi connectivity index (χ2v) is 11.5. The summed E-state index contributed by atoms with van der Waals surface area (Å²) in [6, 6.07) is 16.0. The zero-order valence-corrected chi connectivity index (χ0v) is 19.3. The average molecular weight is 464 g/mol. The van der Waals surface area contributed by atoms with E-state index in [1.54, 1.807) is 30.3 Å². The summed E-state index contributed by atoms with van der Waals surface area (Å²) in [5.41, 5.74) is 2.12. The highest BCUT2D eigenvalue weighted by Crippen LogP contribution is 2.30. The molecule has 0 bridgehead atoms. The van der Waals surface area contributed by atoms with Crippen molar-refractivity contribution in [2.24, 2.45) is 0 Å². The SMILES string of the molecule is CN(C)c1cccc2c(S(C)(=O)=O)cccc12.CS(=O)(=O)c1cccc2nsnc12. The van der Waals surface area contributed by atoms with Gasteiger partial charge in [0.1, 0.15) is 11.0 Å². The third-order valence-electron chi connectivity index (χ3n) is 4.39. The predicted octanol–water partition coefficient (Wildman–Crippen LogP) is 3.40. The van der Waals surface area contributed by atoms with Crippen molar-refractivity contribution in [2.45, 2.75) is 9.79 Å². The average Bonchev–Trinajstić information content (AvgIpc) is 3.14. The van der Waals surface area contributed by atoms with Gasteiger partial charge in [-0.05, 0) is 24.3 Å². The number of benzene rings is 3. The van der Waals surface area contributed by atoms with E-state index in [4.69, 9.17) is 0 Å². The van der Waals surface area contributed by atoms with Gasteiger partial charge in [0.25, 0.3) is 0 Å². The van der Waals surface area contributed by atoms with Gasteiger partial charge in [0.2, 0.25) is 0 Å². The van der Waals surface area contributed by atoms with E-state index in [0.717, 1.165) is 28.2 Å². The minimum Gasteiger partial charge on any atom is -0.377 e. The molecule has 0 unspecified atom stereocenters. The van der Waals surface area contributed by atoms with Crippen LogP contribution in [0.5, 0.6) is 0 Å². The molecule has 7 nitrogen and oxygen atoms in total. The summed E-state index contributed by atoms with van der Waals surface area (Å²) >= 11 is 1.02. The van der Waals surface area contributed by atoms with Crippen molar-refractivity contribution in [2.75, 3.05) is 31.5 Å². The summed E-state index contributed by atoms with van der Waals surface area (Å²) in [5.74, 6) is 0. The number of sulfone groups is 2. The summed E-state index contributed by atoms with van der Waals surface area (Å²) in [6.07, 6.45) is 2.41. The van der Waals surface area contributed by atoms with Gasteiger partial charge in [-0.15, -0.1) is 0 Å². The van der Waals surface area contributed by atoms with Crippen molar-refractivity contribution in [1.29, 1.82) is 0 Å². The van der Waals surface area contributed by atoms with E-state index in [0.29, 0.717) is 15.9 Å². The molecule has 0 N–H and O–H groups in total. The number of nitrogens with zero attached hydrogens (tertiary/aromatic N) is 3. The lowest BCUT2D eigenvalue weighted by molar-refractivity contribution is 0.601. The predicted molar refractivity (Wildman–Crippen MR) is 122 cm³/mol. The fraction of sp³-hybridized carbons (Fsp3) is 0.200. The Morgan fingerprint density at radius 2 is 1.30 bits per heavy atom. The Hall–Kier alpha value is -2.56. The van der Waals surface area contributed by atoms with E-state index < -0.39 is 19.7 Å². The van der Waals surface area contributed by atoms with Crippen LogP contribution in [0, 0.1) is 0 Å². The second-order valence-electron chi connectivity index (χ2n) is 6.96. The summed E-state index contributed by atoms with van der Waals surface area (Å²) in [7, 11) is -2.49. The third-order valence-corrected chi connectivity index (χ3v) is 7.21. The second kappa shape index (κ2) is 8.29. The molecule has 0 amide bonds. The molecule has 0 aliphatic carbocycles. The van der Waals surface area contributed by atoms with Crippen LogP contribution in [0.1, 0.15) is 0 Å². The lowest BCUT2D eigenvalue weighted by atomic mass is 10.1. The molecule has 0 atom stereocenters. The first kappa shape index (κ1) is 22.1. The van der Waals surface area contributed by atoms with Gasteiger partial charge in [-0.3, -0.25) is 0 Å². The van der Waals surface area contributed by atoms with Gasteiger partial charge >= 0.3 is 0 Å². The number of hydrogen-bond donors (Lipinski definition) is 0. The van der Waals surface area contributed by atoms with Gasteiger partial charge in [0.05, 0.1) is 21.5 Å². The lowest BCUT2D eigenvalue weighted by Gasteiger charge is -2.16. The van der Waals surface area contributed by atoms with E-state index in [2.05, 4.69) is 8.75 Å². The van der Waals surface area contributed by atoms with Crippen LogP contribution in [0.2, 0.25) is 0 Å². The van der Waals surface area contributed by atoms with Gasteiger partial charge in [0.15, 0.2) is 19.7 Å². The minimum absolute atomic E-state index is 0.249. The molecule has 0 aliphatic rings. The smallest absolute Gasteiger partial charge is 0.177 e. The topological polar surface area (TPSA) is 97.3 Å². The summed E-state index contributed by atoms with van der Waals surface area (Å²) in [6.45, 7) is 0. The normalized spacial score (nSPS) is 11.9. The van der Waals surface area contributed by atoms with Crippen LogP contribution < -0.4 is 4.90 Å². The van der Waals surface area contributed by atoms with Gasteiger partial charge in [-0.1, -0.05) is 30.3 Å². The Morgan fingerprint density at radius 1 is 0.733 bits per heavy atom. The Labute approximate surface area is 180 Å². The molecule has 10 heteroatoms. The highest BCUT2D eigenvalue weighted by molar-refractivity contribution is 7.91. The van der Waals surface area contributed by atoms with E-state index in [-0.39, 0.29) is 4.90 Å². The molecule has 30 heavy (non-hydrogen) atoms. The molecule has 1 heterocycles. The molecule has 158 valence electrons. The van der Waals surface area contributed by atoms with Gasteiger partial charge in [0, 0.05) is 43.1 Å². The molecule has 0 saturated heterocycles. The maximum absolute atomic E-state index is 11.7. The van der Waals surface area contributed by atoms with Gasteiger partial charge in [-0.2, -0.15) is 8.75 Å². The van der Waals surface area contributed by atoms with E-state index in [9.17, 15) is 16.8 Å². The van der Waals surface area contributed by atoms with Crippen LogP contribution in [0.4, 0.5) is 5.69 Å². The number of aromatic nitrogens is 2. The van der Waals surface area contributed by atoms with Crippen molar-refractivity contribution >= 4 is 58.9 Å². The molecule has 1 aromatic heterocycles.